The van der Waals surface area contributed by atoms with Gasteiger partial charge in [0.25, 0.3) is 5.91 Å². The first-order chi connectivity index (χ1) is 14.4. The minimum atomic E-state index is -3.49. The number of hydrogen-bond donors (Lipinski definition) is 2. The number of hydrogen-bond acceptors (Lipinski definition) is 7. The fraction of sp³-hybridized carbons (Fsp3) is 0.526. The summed E-state index contributed by atoms with van der Waals surface area (Å²) < 4.78 is 32.6. The molecular formula is C19H27N5O4S2. The summed E-state index contributed by atoms with van der Waals surface area (Å²) in [6.45, 7) is 3.28. The average Bonchev–Trinajstić information content (AvgIpc) is 2.97. The van der Waals surface area contributed by atoms with E-state index in [1.54, 1.807) is 16.4 Å². The van der Waals surface area contributed by atoms with Crippen molar-refractivity contribution < 1.29 is 17.9 Å². The van der Waals surface area contributed by atoms with E-state index in [4.69, 9.17) is 4.74 Å². The molecule has 0 radical (unpaired) electrons. The number of nitrogens with zero attached hydrogens (tertiary/aromatic N) is 3. The van der Waals surface area contributed by atoms with Crippen LogP contribution in [0.1, 0.15) is 31.5 Å². The molecule has 1 amide bonds. The van der Waals surface area contributed by atoms with Crippen molar-refractivity contribution in [1.82, 2.24) is 24.8 Å². The molecule has 1 aromatic carbocycles. The topological polar surface area (TPSA) is 117 Å². The van der Waals surface area contributed by atoms with Crippen LogP contribution in [0.15, 0.2) is 34.3 Å². The Morgan fingerprint density at radius 2 is 1.90 bits per heavy atom. The molecule has 11 heteroatoms. The first-order valence-electron chi connectivity index (χ1n) is 9.97. The Morgan fingerprint density at radius 1 is 1.20 bits per heavy atom. The molecule has 30 heavy (non-hydrogen) atoms. The van der Waals surface area contributed by atoms with E-state index in [9.17, 15) is 13.2 Å². The van der Waals surface area contributed by atoms with Crippen molar-refractivity contribution in [3.8, 4) is 5.75 Å². The number of sulfonamides is 1. The van der Waals surface area contributed by atoms with E-state index in [1.165, 1.54) is 23.9 Å². The summed E-state index contributed by atoms with van der Waals surface area (Å²) in [5, 5.41) is 10.2. The van der Waals surface area contributed by atoms with Crippen molar-refractivity contribution in [1.29, 1.82) is 0 Å². The molecule has 1 saturated heterocycles. The fourth-order valence-corrected chi connectivity index (χ4v) is 5.27. The van der Waals surface area contributed by atoms with Crippen molar-refractivity contribution in [3.05, 3.63) is 30.1 Å². The summed E-state index contributed by atoms with van der Waals surface area (Å²) in [4.78, 5) is 16.3. The van der Waals surface area contributed by atoms with Crippen LogP contribution in [0.3, 0.4) is 0 Å². The monoisotopic (exact) mass is 453 g/mol. The van der Waals surface area contributed by atoms with Gasteiger partial charge in [0.1, 0.15) is 11.6 Å². The second-order valence-corrected chi connectivity index (χ2v) is 9.98. The zero-order valence-electron chi connectivity index (χ0n) is 17.0. The van der Waals surface area contributed by atoms with Gasteiger partial charge in [-0.05, 0) is 44.0 Å². The summed E-state index contributed by atoms with van der Waals surface area (Å²) >= 11 is 1.44. The number of amides is 1. The molecule has 0 saturated carbocycles. The first kappa shape index (κ1) is 22.6. The number of benzene rings is 1. The van der Waals surface area contributed by atoms with Crippen molar-refractivity contribution in [2.75, 3.05) is 32.0 Å². The van der Waals surface area contributed by atoms with Gasteiger partial charge in [-0.1, -0.05) is 24.6 Å². The molecule has 1 aliphatic heterocycles. The molecule has 2 N–H and O–H groups in total. The molecule has 0 bridgehead atoms. The number of carbonyl (C=O) groups is 1. The van der Waals surface area contributed by atoms with Gasteiger partial charge < -0.3 is 10.1 Å². The number of nitrogens with one attached hydrogen (secondary N) is 2. The number of aryl methyl sites for hydroxylation is 1. The van der Waals surface area contributed by atoms with Crippen LogP contribution in [0.4, 0.5) is 0 Å². The van der Waals surface area contributed by atoms with Crippen molar-refractivity contribution in [3.63, 3.8) is 0 Å². The predicted octanol–water partition coefficient (Wildman–Crippen LogP) is 1.97. The molecule has 1 aromatic heterocycles. The highest BCUT2D eigenvalue weighted by atomic mass is 32.2. The molecule has 2 aromatic rings. The number of H-pyrrole nitrogens is 1. The van der Waals surface area contributed by atoms with Gasteiger partial charge in [0.15, 0.2) is 6.61 Å². The summed E-state index contributed by atoms with van der Waals surface area (Å²) in [6, 6.07) is 6.23. The summed E-state index contributed by atoms with van der Waals surface area (Å²) in [7, 11) is -3.49. The molecule has 164 valence electrons. The predicted molar refractivity (Wildman–Crippen MR) is 114 cm³/mol. The molecule has 9 nitrogen and oxygen atoms in total. The van der Waals surface area contributed by atoms with Crippen LogP contribution in [0.25, 0.3) is 0 Å². The van der Waals surface area contributed by atoms with Crippen molar-refractivity contribution in [2.45, 2.75) is 42.7 Å². The standard InChI is InChI=1S/C19H27N5O4S2/c1-15-21-19(23-22-15)29-13-10-20-18(25)14-28-16-6-8-17(9-7-16)30(26,27)24-11-4-2-3-5-12-24/h6-9H,2-5,10-14H2,1H3,(H,20,25)(H,21,22,23). The van der Waals surface area contributed by atoms with Crippen LogP contribution in [-0.4, -0.2) is 65.8 Å². The number of aromatic nitrogens is 3. The van der Waals surface area contributed by atoms with E-state index in [0.717, 1.165) is 31.5 Å². The summed E-state index contributed by atoms with van der Waals surface area (Å²) in [6.07, 6.45) is 3.93. The maximum Gasteiger partial charge on any atom is 0.257 e. The van der Waals surface area contributed by atoms with E-state index >= 15 is 0 Å². The zero-order valence-corrected chi connectivity index (χ0v) is 18.6. The lowest BCUT2D eigenvalue weighted by atomic mass is 10.2. The van der Waals surface area contributed by atoms with Gasteiger partial charge in [-0.15, -0.1) is 5.10 Å². The maximum atomic E-state index is 12.8. The molecular weight excluding hydrogens is 426 g/mol. The molecule has 0 unspecified atom stereocenters. The molecule has 0 atom stereocenters. The molecule has 2 heterocycles. The van der Waals surface area contributed by atoms with Gasteiger partial charge in [-0.2, -0.15) is 4.31 Å². The van der Waals surface area contributed by atoms with E-state index in [2.05, 4.69) is 20.5 Å². The lowest BCUT2D eigenvalue weighted by Crippen LogP contribution is -2.32. The first-order valence-corrected chi connectivity index (χ1v) is 12.4. The minimum absolute atomic E-state index is 0.136. The Bertz CT molecular complexity index is 923. The highest BCUT2D eigenvalue weighted by Gasteiger charge is 2.25. The Balaban J connectivity index is 1.42. The molecule has 1 fully saturated rings. The van der Waals surface area contributed by atoms with Crippen LogP contribution >= 0.6 is 11.8 Å². The van der Waals surface area contributed by atoms with E-state index in [1.807, 2.05) is 6.92 Å². The highest BCUT2D eigenvalue weighted by molar-refractivity contribution is 7.99. The Labute approximate surface area is 181 Å². The van der Waals surface area contributed by atoms with Gasteiger partial charge in [0, 0.05) is 25.4 Å². The van der Waals surface area contributed by atoms with Crippen LogP contribution in [-0.2, 0) is 14.8 Å². The third kappa shape index (κ3) is 6.44. The summed E-state index contributed by atoms with van der Waals surface area (Å²) in [5.41, 5.74) is 0. The SMILES string of the molecule is Cc1nc(SCCNC(=O)COc2ccc(S(=O)(=O)N3CCCCCC3)cc2)n[nH]1. The van der Waals surface area contributed by atoms with Crippen molar-refractivity contribution >= 4 is 27.7 Å². The summed E-state index contributed by atoms with van der Waals surface area (Å²) in [5.74, 6) is 1.60. The Hall–Kier alpha value is -2.11. The third-order valence-corrected chi connectivity index (χ3v) is 7.39. The van der Waals surface area contributed by atoms with E-state index in [-0.39, 0.29) is 17.4 Å². The van der Waals surface area contributed by atoms with Gasteiger partial charge in [0.2, 0.25) is 15.2 Å². The van der Waals surface area contributed by atoms with Crippen LogP contribution < -0.4 is 10.1 Å². The van der Waals surface area contributed by atoms with E-state index < -0.39 is 10.0 Å². The fourth-order valence-electron chi connectivity index (χ4n) is 3.06. The van der Waals surface area contributed by atoms with Crippen molar-refractivity contribution in [2.24, 2.45) is 0 Å². The van der Waals surface area contributed by atoms with E-state index in [0.29, 0.717) is 36.3 Å². The Kier molecular flexibility index (Phi) is 8.11. The number of carbonyl (C=O) groups excluding carboxylic acids is 1. The highest BCUT2D eigenvalue weighted by Crippen LogP contribution is 2.22. The normalized spacial score (nSPS) is 15.5. The molecule has 1 aliphatic rings. The van der Waals surface area contributed by atoms with Crippen LogP contribution in [0.5, 0.6) is 5.75 Å². The lowest BCUT2D eigenvalue weighted by molar-refractivity contribution is -0.122. The number of aromatic amines is 1. The van der Waals surface area contributed by atoms with Gasteiger partial charge >= 0.3 is 0 Å². The number of thioether (sulfide) groups is 1. The van der Waals surface area contributed by atoms with Gasteiger partial charge in [0.05, 0.1) is 4.90 Å². The molecule has 0 aliphatic carbocycles. The van der Waals surface area contributed by atoms with Crippen LogP contribution in [0, 0.1) is 6.92 Å². The largest absolute Gasteiger partial charge is 0.484 e. The second kappa shape index (κ2) is 10.8. The minimum Gasteiger partial charge on any atom is -0.484 e. The third-order valence-electron chi connectivity index (χ3n) is 4.63. The second-order valence-electron chi connectivity index (χ2n) is 6.98. The smallest absolute Gasteiger partial charge is 0.257 e. The Morgan fingerprint density at radius 3 is 2.53 bits per heavy atom. The average molecular weight is 454 g/mol. The quantitative estimate of drug-likeness (QED) is 0.440. The lowest BCUT2D eigenvalue weighted by Gasteiger charge is -2.20. The molecule has 3 rings (SSSR count). The zero-order chi connectivity index (χ0) is 21.4. The maximum absolute atomic E-state index is 12.8. The van der Waals surface area contributed by atoms with Gasteiger partial charge in [-0.25, -0.2) is 13.4 Å². The number of ether oxygens (including phenoxy) is 1. The number of rotatable bonds is 9. The van der Waals surface area contributed by atoms with Gasteiger partial charge in [-0.3, -0.25) is 9.89 Å². The van der Waals surface area contributed by atoms with Crippen LogP contribution in [0.2, 0.25) is 0 Å². The molecule has 0 spiro atoms.